The number of anilines is 4. The van der Waals surface area contributed by atoms with Crippen LogP contribution < -0.4 is 21.3 Å². The van der Waals surface area contributed by atoms with Gasteiger partial charge in [0.25, 0.3) is 0 Å². The summed E-state index contributed by atoms with van der Waals surface area (Å²) >= 11 is 0. The lowest BCUT2D eigenvalue weighted by atomic mass is 9.93. The largest absolute Gasteiger partial charge is 0.418 e. The van der Waals surface area contributed by atoms with E-state index in [4.69, 9.17) is 10.7 Å². The maximum absolute atomic E-state index is 13.3. The van der Waals surface area contributed by atoms with Crippen molar-refractivity contribution in [3.05, 3.63) is 35.0 Å². The number of carbonyl (C=O) groups is 1. The summed E-state index contributed by atoms with van der Waals surface area (Å²) in [5.74, 6) is 0.918. The van der Waals surface area contributed by atoms with Gasteiger partial charge in [-0.25, -0.2) is 4.98 Å². The number of alkyl halides is 3. The second kappa shape index (κ2) is 8.84. The van der Waals surface area contributed by atoms with Crippen LogP contribution in [0.25, 0.3) is 0 Å². The Morgan fingerprint density at radius 3 is 2.72 bits per heavy atom. The van der Waals surface area contributed by atoms with E-state index in [2.05, 4.69) is 20.5 Å². The summed E-state index contributed by atoms with van der Waals surface area (Å²) in [5, 5.41) is 5.66. The highest BCUT2D eigenvalue weighted by Gasteiger charge is 2.33. The van der Waals surface area contributed by atoms with E-state index < -0.39 is 11.7 Å². The number of aromatic nitrogens is 2. The van der Waals surface area contributed by atoms with Crippen molar-refractivity contribution >= 4 is 29.0 Å². The third kappa shape index (κ3) is 4.58. The van der Waals surface area contributed by atoms with Gasteiger partial charge in [0, 0.05) is 37.1 Å². The number of hydrogen-bond acceptors (Lipinski definition) is 6. The van der Waals surface area contributed by atoms with E-state index in [0.717, 1.165) is 68.2 Å². The van der Waals surface area contributed by atoms with Crippen LogP contribution in [0, 0.1) is 5.92 Å². The molecule has 10 heteroatoms. The molecule has 1 atom stereocenters. The topological polar surface area (TPSA) is 96.2 Å². The highest BCUT2D eigenvalue weighted by atomic mass is 19.4. The van der Waals surface area contributed by atoms with E-state index in [-0.39, 0.29) is 29.1 Å². The van der Waals surface area contributed by atoms with Crippen LogP contribution in [-0.4, -0.2) is 36.0 Å². The summed E-state index contributed by atoms with van der Waals surface area (Å²) in [7, 11) is 1.64. The lowest BCUT2D eigenvalue weighted by Gasteiger charge is -2.35. The number of nitrogens with zero attached hydrogens (tertiary/aromatic N) is 3. The Labute approximate surface area is 184 Å². The maximum Gasteiger partial charge on any atom is 0.418 e. The van der Waals surface area contributed by atoms with Crippen LogP contribution in [0.15, 0.2) is 18.2 Å². The molecule has 0 spiro atoms. The number of rotatable bonds is 4. The Bertz CT molecular complexity index is 1010. The van der Waals surface area contributed by atoms with Crippen molar-refractivity contribution in [2.75, 3.05) is 36.1 Å². The first kappa shape index (κ1) is 22.2. The number of nitrogens with one attached hydrogen (secondary N) is 2. The molecule has 32 heavy (non-hydrogen) atoms. The Hall–Kier alpha value is -3.04. The number of hydrogen-bond donors (Lipinski definition) is 3. The van der Waals surface area contributed by atoms with Crippen LogP contribution in [0.3, 0.4) is 0 Å². The predicted octanol–water partition coefficient (Wildman–Crippen LogP) is 3.66. The van der Waals surface area contributed by atoms with Crippen molar-refractivity contribution in [2.45, 2.75) is 44.7 Å². The van der Waals surface area contributed by atoms with Crippen LogP contribution in [0.2, 0.25) is 0 Å². The van der Waals surface area contributed by atoms with Crippen LogP contribution in [0.4, 0.5) is 36.3 Å². The second-order valence-corrected chi connectivity index (χ2v) is 8.33. The average Bonchev–Trinajstić information content (AvgIpc) is 2.78. The summed E-state index contributed by atoms with van der Waals surface area (Å²) in [4.78, 5) is 23.6. The van der Waals surface area contributed by atoms with Crippen molar-refractivity contribution in [1.29, 1.82) is 0 Å². The lowest BCUT2D eigenvalue weighted by Crippen LogP contribution is -2.43. The number of halogens is 3. The van der Waals surface area contributed by atoms with Gasteiger partial charge in [-0.05, 0) is 56.7 Å². The molecule has 1 aliphatic carbocycles. The zero-order chi connectivity index (χ0) is 22.9. The molecule has 2 aromatic rings. The minimum absolute atomic E-state index is 0.0116. The van der Waals surface area contributed by atoms with Crippen LogP contribution in [0.1, 0.15) is 42.5 Å². The highest BCUT2D eigenvalue weighted by Crippen LogP contribution is 2.36. The van der Waals surface area contributed by atoms with Gasteiger partial charge >= 0.3 is 6.18 Å². The van der Waals surface area contributed by atoms with Crippen molar-refractivity contribution < 1.29 is 18.0 Å². The third-order valence-corrected chi connectivity index (χ3v) is 6.11. The summed E-state index contributed by atoms with van der Waals surface area (Å²) in [5.41, 5.74) is 6.49. The second-order valence-electron chi connectivity index (χ2n) is 8.33. The van der Waals surface area contributed by atoms with Crippen LogP contribution in [0.5, 0.6) is 0 Å². The molecule has 0 radical (unpaired) electrons. The first-order valence-corrected chi connectivity index (χ1v) is 10.9. The summed E-state index contributed by atoms with van der Waals surface area (Å²) < 4.78 is 39.8. The molecule has 0 saturated carbocycles. The van der Waals surface area contributed by atoms with E-state index in [9.17, 15) is 18.0 Å². The Morgan fingerprint density at radius 2 is 1.97 bits per heavy atom. The molecule has 1 unspecified atom stereocenters. The molecule has 4 N–H and O–H groups in total. The minimum atomic E-state index is -4.55. The van der Waals surface area contributed by atoms with Crippen LogP contribution in [-0.2, 0) is 23.8 Å². The Morgan fingerprint density at radius 1 is 1.19 bits per heavy atom. The van der Waals surface area contributed by atoms with Gasteiger partial charge < -0.3 is 21.3 Å². The summed E-state index contributed by atoms with van der Waals surface area (Å²) in [6.45, 7) is 1.33. The normalized spacial score (nSPS) is 18.8. The highest BCUT2D eigenvalue weighted by molar-refractivity contribution is 5.79. The Balaban J connectivity index is 1.67. The molecule has 1 aromatic heterocycles. The van der Waals surface area contributed by atoms with E-state index in [1.54, 1.807) is 7.05 Å². The van der Waals surface area contributed by atoms with Crippen molar-refractivity contribution in [3.8, 4) is 0 Å². The fraction of sp³-hybridized carbons (Fsp3) is 0.500. The molecule has 1 aliphatic heterocycles. The van der Waals surface area contributed by atoms with Gasteiger partial charge in [-0.15, -0.1) is 0 Å². The number of carbonyl (C=O) groups excluding carboxylic acids is 1. The van der Waals surface area contributed by atoms with Gasteiger partial charge in [0.1, 0.15) is 5.82 Å². The summed E-state index contributed by atoms with van der Waals surface area (Å²) in [6, 6.07) is 3.68. The molecule has 172 valence electrons. The van der Waals surface area contributed by atoms with Gasteiger partial charge in [-0.3, -0.25) is 4.79 Å². The number of nitrogen functional groups attached to an aromatic ring is 1. The smallest absolute Gasteiger partial charge is 0.398 e. The lowest BCUT2D eigenvalue weighted by molar-refractivity contribution is -0.136. The molecule has 1 amide bonds. The van der Waals surface area contributed by atoms with Gasteiger partial charge in [-0.2, -0.15) is 18.2 Å². The Kier molecular flexibility index (Phi) is 6.12. The molecule has 4 rings (SSSR count). The zero-order valence-corrected chi connectivity index (χ0v) is 17.9. The monoisotopic (exact) mass is 448 g/mol. The molecule has 7 nitrogen and oxygen atoms in total. The molecule has 0 bridgehead atoms. The SMILES string of the molecule is CNC(=O)C1CCCN(c2nc(Nc3ccc(N)c(C(F)(F)F)c3)nc3c2CCCC3)C1. The van der Waals surface area contributed by atoms with Gasteiger partial charge in [0.2, 0.25) is 11.9 Å². The van der Waals surface area contributed by atoms with Gasteiger partial charge in [0.05, 0.1) is 17.2 Å². The molecular weight excluding hydrogens is 421 g/mol. The van der Waals surface area contributed by atoms with Crippen molar-refractivity contribution in [3.63, 3.8) is 0 Å². The third-order valence-electron chi connectivity index (χ3n) is 6.11. The first-order chi connectivity index (χ1) is 15.3. The van der Waals surface area contributed by atoms with E-state index in [1.807, 2.05) is 0 Å². The molecule has 1 saturated heterocycles. The van der Waals surface area contributed by atoms with Crippen molar-refractivity contribution in [2.24, 2.45) is 5.92 Å². The first-order valence-electron chi connectivity index (χ1n) is 10.9. The molecule has 1 fully saturated rings. The number of piperidine rings is 1. The minimum Gasteiger partial charge on any atom is -0.398 e. The molecular formula is C22H27F3N6O. The molecule has 2 heterocycles. The average molecular weight is 448 g/mol. The fourth-order valence-corrected chi connectivity index (χ4v) is 4.49. The van der Waals surface area contributed by atoms with Gasteiger partial charge in [0.15, 0.2) is 0 Å². The van der Waals surface area contributed by atoms with Crippen molar-refractivity contribution in [1.82, 2.24) is 15.3 Å². The molecule has 1 aromatic carbocycles. The van der Waals surface area contributed by atoms with Crippen LogP contribution >= 0.6 is 0 Å². The summed E-state index contributed by atoms with van der Waals surface area (Å²) in [6.07, 6.45) is 0.826. The molecule has 2 aliphatic rings. The van der Waals surface area contributed by atoms with Gasteiger partial charge in [-0.1, -0.05) is 0 Å². The number of benzene rings is 1. The maximum atomic E-state index is 13.3. The number of fused-ring (bicyclic) bond motifs is 1. The zero-order valence-electron chi connectivity index (χ0n) is 17.9. The quantitative estimate of drug-likeness (QED) is 0.618. The van der Waals surface area contributed by atoms with E-state index >= 15 is 0 Å². The van der Waals surface area contributed by atoms with E-state index in [0.29, 0.717) is 6.54 Å². The number of amides is 1. The van der Waals surface area contributed by atoms with E-state index in [1.165, 1.54) is 12.1 Å². The fourth-order valence-electron chi connectivity index (χ4n) is 4.49. The number of aryl methyl sites for hydroxylation is 1. The standard InChI is InChI=1S/C22H27F3N6O/c1-27-20(32)13-5-4-10-31(12-13)19-15-6-2-3-7-18(15)29-21(30-19)28-14-8-9-17(26)16(11-14)22(23,24)25/h8-9,11,13H,2-7,10,12,26H2,1H3,(H,27,32)(H,28,29,30). The predicted molar refractivity (Wildman–Crippen MR) is 117 cm³/mol. The number of nitrogens with two attached hydrogens (primary N) is 1.